The predicted octanol–water partition coefficient (Wildman–Crippen LogP) is 2.87. The molecule has 0 atom stereocenters. The van der Waals surface area contributed by atoms with Crippen molar-refractivity contribution in [3.05, 3.63) is 35.7 Å². The summed E-state index contributed by atoms with van der Waals surface area (Å²) >= 11 is 0. The lowest BCUT2D eigenvalue weighted by atomic mass is 10.1. The quantitative estimate of drug-likeness (QED) is 0.762. The van der Waals surface area contributed by atoms with E-state index in [0.717, 1.165) is 31.2 Å². The molecule has 27 heavy (non-hydrogen) atoms. The molecule has 0 bridgehead atoms. The van der Waals surface area contributed by atoms with Crippen LogP contribution in [0.1, 0.15) is 61.7 Å². The Bertz CT molecular complexity index is 762. The van der Waals surface area contributed by atoms with Crippen LogP contribution in [0.5, 0.6) is 0 Å². The molecule has 1 aliphatic rings. The molecule has 0 aliphatic heterocycles. The van der Waals surface area contributed by atoms with Gasteiger partial charge in [-0.1, -0.05) is 49.9 Å². The van der Waals surface area contributed by atoms with Gasteiger partial charge in [-0.05, 0) is 25.0 Å². The van der Waals surface area contributed by atoms with Crippen molar-refractivity contribution in [3.63, 3.8) is 0 Å². The summed E-state index contributed by atoms with van der Waals surface area (Å²) < 4.78 is 5.10. The van der Waals surface area contributed by atoms with Crippen LogP contribution in [0.3, 0.4) is 0 Å². The Morgan fingerprint density at radius 3 is 2.44 bits per heavy atom. The number of amides is 2. The number of aromatic nitrogens is 2. The van der Waals surface area contributed by atoms with E-state index in [0.29, 0.717) is 23.7 Å². The summed E-state index contributed by atoms with van der Waals surface area (Å²) in [4.78, 5) is 28.6. The van der Waals surface area contributed by atoms with Crippen molar-refractivity contribution in [2.24, 2.45) is 0 Å². The largest absolute Gasteiger partial charge is 0.352 e. The van der Waals surface area contributed by atoms with Crippen LogP contribution >= 0.6 is 0 Å². The molecule has 0 spiro atoms. The van der Waals surface area contributed by atoms with Crippen LogP contribution in [-0.2, 0) is 11.2 Å². The van der Waals surface area contributed by atoms with Crippen LogP contribution in [0.4, 0.5) is 0 Å². The van der Waals surface area contributed by atoms with Gasteiger partial charge in [0.2, 0.25) is 17.6 Å². The topological polar surface area (TPSA) is 97.1 Å². The lowest BCUT2D eigenvalue weighted by Crippen LogP contribution is -2.41. The van der Waals surface area contributed by atoms with Gasteiger partial charge >= 0.3 is 0 Å². The Hall–Kier alpha value is -2.70. The fourth-order valence-corrected chi connectivity index (χ4v) is 3.25. The van der Waals surface area contributed by atoms with Gasteiger partial charge in [0.25, 0.3) is 5.91 Å². The first kappa shape index (κ1) is 19.1. The fourth-order valence-electron chi connectivity index (χ4n) is 3.25. The van der Waals surface area contributed by atoms with Gasteiger partial charge in [0, 0.05) is 23.6 Å². The summed E-state index contributed by atoms with van der Waals surface area (Å²) in [6.45, 7) is 1.93. The lowest BCUT2D eigenvalue weighted by molar-refractivity contribution is -0.120. The number of carbonyl (C=O) groups is 2. The van der Waals surface area contributed by atoms with Crippen molar-refractivity contribution < 1.29 is 14.1 Å². The van der Waals surface area contributed by atoms with Crippen molar-refractivity contribution in [1.29, 1.82) is 0 Å². The molecule has 0 saturated heterocycles. The van der Waals surface area contributed by atoms with Crippen LogP contribution in [0.25, 0.3) is 11.4 Å². The zero-order valence-electron chi connectivity index (χ0n) is 15.7. The zero-order valence-corrected chi connectivity index (χ0v) is 15.7. The van der Waals surface area contributed by atoms with Crippen LogP contribution in [0.2, 0.25) is 0 Å². The van der Waals surface area contributed by atoms with Crippen molar-refractivity contribution >= 4 is 11.8 Å². The Morgan fingerprint density at radius 2 is 1.81 bits per heavy atom. The summed E-state index contributed by atoms with van der Waals surface area (Å²) in [6, 6.07) is 7.15. The highest BCUT2D eigenvalue weighted by atomic mass is 16.5. The summed E-state index contributed by atoms with van der Waals surface area (Å²) in [5, 5.41) is 9.61. The monoisotopic (exact) mass is 370 g/mol. The van der Waals surface area contributed by atoms with E-state index < -0.39 is 0 Å². The highest BCUT2D eigenvalue weighted by Crippen LogP contribution is 2.18. The second-order valence-electron chi connectivity index (χ2n) is 6.88. The van der Waals surface area contributed by atoms with Gasteiger partial charge in [-0.3, -0.25) is 9.59 Å². The molecule has 1 aromatic carbocycles. The maximum atomic E-state index is 12.3. The van der Waals surface area contributed by atoms with Gasteiger partial charge < -0.3 is 15.2 Å². The molecule has 2 N–H and O–H groups in total. The van der Waals surface area contributed by atoms with Crippen molar-refractivity contribution in [3.8, 4) is 11.4 Å². The fraction of sp³-hybridized carbons (Fsp3) is 0.500. The maximum absolute atomic E-state index is 12.3. The number of benzene rings is 1. The summed E-state index contributed by atoms with van der Waals surface area (Å²) in [5.74, 6) is 0.666. The number of aryl methyl sites for hydroxylation is 1. The first-order valence-electron chi connectivity index (χ1n) is 9.66. The molecular weight excluding hydrogens is 344 g/mol. The molecule has 1 aromatic heterocycles. The third-order valence-electron chi connectivity index (χ3n) is 4.81. The highest BCUT2D eigenvalue weighted by molar-refractivity contribution is 5.96. The van der Waals surface area contributed by atoms with E-state index in [1.165, 1.54) is 12.8 Å². The van der Waals surface area contributed by atoms with Gasteiger partial charge in [0.05, 0.1) is 6.54 Å². The molecule has 0 radical (unpaired) electrons. The Morgan fingerprint density at radius 1 is 1.11 bits per heavy atom. The molecule has 2 amide bonds. The Labute approximate surface area is 158 Å². The van der Waals surface area contributed by atoms with E-state index in [9.17, 15) is 9.59 Å². The van der Waals surface area contributed by atoms with Gasteiger partial charge in [-0.15, -0.1) is 0 Å². The van der Waals surface area contributed by atoms with Crippen LogP contribution in [0, 0.1) is 0 Å². The highest BCUT2D eigenvalue weighted by Gasteiger charge is 2.15. The van der Waals surface area contributed by atoms with Gasteiger partial charge in [-0.2, -0.15) is 4.98 Å². The molecule has 7 heteroatoms. The third kappa shape index (κ3) is 5.39. The molecule has 1 saturated carbocycles. The van der Waals surface area contributed by atoms with E-state index >= 15 is 0 Å². The molecule has 144 valence electrons. The second kappa shape index (κ2) is 9.30. The molecule has 3 rings (SSSR count). The molecule has 1 heterocycles. The van der Waals surface area contributed by atoms with E-state index in [-0.39, 0.29) is 24.4 Å². The molecule has 2 aromatic rings. The summed E-state index contributed by atoms with van der Waals surface area (Å²) in [6.07, 6.45) is 7.52. The smallest absolute Gasteiger partial charge is 0.251 e. The van der Waals surface area contributed by atoms with E-state index in [1.54, 1.807) is 24.3 Å². The Kier molecular flexibility index (Phi) is 6.57. The summed E-state index contributed by atoms with van der Waals surface area (Å²) in [7, 11) is 0. The Balaban J connectivity index is 1.49. The first-order chi connectivity index (χ1) is 13.2. The van der Waals surface area contributed by atoms with Gasteiger partial charge in [0.15, 0.2) is 0 Å². The average molecular weight is 370 g/mol. The van der Waals surface area contributed by atoms with Crippen LogP contribution < -0.4 is 10.6 Å². The minimum Gasteiger partial charge on any atom is -0.352 e. The van der Waals surface area contributed by atoms with Crippen LogP contribution in [-0.4, -0.2) is 34.5 Å². The lowest BCUT2D eigenvalue weighted by Gasteiger charge is -2.16. The number of hydrogen-bond donors (Lipinski definition) is 2. The standard InChI is InChI=1S/C20H26N4O3/c1-2-18-23-19(24-27-18)14-9-11-15(12-10-14)20(26)21-13-17(25)22-16-7-5-3-4-6-8-16/h9-12,16H,2-8,13H2,1H3,(H,21,26)(H,22,25). The third-order valence-corrected chi connectivity index (χ3v) is 4.81. The minimum absolute atomic E-state index is 0.0121. The number of hydrogen-bond acceptors (Lipinski definition) is 5. The zero-order chi connectivity index (χ0) is 19.1. The van der Waals surface area contributed by atoms with Crippen molar-refractivity contribution in [2.45, 2.75) is 57.9 Å². The number of carbonyl (C=O) groups excluding carboxylic acids is 2. The van der Waals surface area contributed by atoms with Crippen LogP contribution in [0.15, 0.2) is 28.8 Å². The van der Waals surface area contributed by atoms with Crippen molar-refractivity contribution in [1.82, 2.24) is 20.8 Å². The van der Waals surface area contributed by atoms with E-state index in [2.05, 4.69) is 20.8 Å². The maximum Gasteiger partial charge on any atom is 0.251 e. The van der Waals surface area contributed by atoms with Gasteiger partial charge in [0.1, 0.15) is 0 Å². The molecule has 1 fully saturated rings. The first-order valence-corrected chi connectivity index (χ1v) is 9.66. The molecular formula is C20H26N4O3. The number of nitrogens with zero attached hydrogens (tertiary/aromatic N) is 2. The number of nitrogens with one attached hydrogen (secondary N) is 2. The molecule has 0 unspecified atom stereocenters. The molecule has 1 aliphatic carbocycles. The second-order valence-corrected chi connectivity index (χ2v) is 6.88. The average Bonchev–Trinajstić information content (AvgIpc) is 3.04. The molecule has 7 nitrogen and oxygen atoms in total. The predicted molar refractivity (Wildman–Crippen MR) is 101 cm³/mol. The minimum atomic E-state index is -0.278. The normalized spacial score (nSPS) is 15.1. The summed E-state index contributed by atoms with van der Waals surface area (Å²) in [5.41, 5.74) is 1.27. The van der Waals surface area contributed by atoms with E-state index in [4.69, 9.17) is 4.52 Å². The van der Waals surface area contributed by atoms with Gasteiger partial charge in [-0.25, -0.2) is 0 Å². The van der Waals surface area contributed by atoms with E-state index in [1.807, 2.05) is 6.92 Å². The van der Waals surface area contributed by atoms with Crippen molar-refractivity contribution in [2.75, 3.05) is 6.54 Å². The SMILES string of the molecule is CCc1nc(-c2ccc(C(=O)NCC(=O)NC3CCCCCC3)cc2)no1. The number of rotatable bonds is 6.